The molecule has 1 N–H and O–H groups in total. The summed E-state index contributed by atoms with van der Waals surface area (Å²) in [6.07, 6.45) is 1.83. The quantitative estimate of drug-likeness (QED) is 0.760. The second-order valence-electron chi connectivity index (χ2n) is 4.22. The fourth-order valence-electron chi connectivity index (χ4n) is 2.42. The van der Waals surface area contributed by atoms with Crippen LogP contribution >= 0.6 is 0 Å². The van der Waals surface area contributed by atoms with Gasteiger partial charge in [-0.05, 0) is 30.5 Å². The summed E-state index contributed by atoms with van der Waals surface area (Å²) in [5.41, 5.74) is 4.81. The standard InChI is InChI=1S/C13H14O2/c1-7-4-8(2)12-9(3)6-11(13(14)15)10(12)5-7/h4-6,9H,1-3H3,(H,14,15). The number of aryl methyl sites for hydroxylation is 2. The number of rotatable bonds is 1. The molecular weight excluding hydrogens is 188 g/mol. The molecule has 1 aromatic rings. The van der Waals surface area contributed by atoms with Crippen molar-refractivity contribution in [1.29, 1.82) is 0 Å². The van der Waals surface area contributed by atoms with Gasteiger partial charge in [0.2, 0.25) is 0 Å². The van der Waals surface area contributed by atoms with Gasteiger partial charge in [-0.25, -0.2) is 4.79 Å². The average molecular weight is 202 g/mol. The summed E-state index contributed by atoms with van der Waals surface area (Å²) in [5.74, 6) is -0.614. The van der Waals surface area contributed by atoms with Crippen LogP contribution in [-0.2, 0) is 4.79 Å². The first-order chi connectivity index (χ1) is 7.00. The molecule has 2 rings (SSSR count). The third-order valence-corrected chi connectivity index (χ3v) is 2.92. The summed E-state index contributed by atoms with van der Waals surface area (Å²) in [4.78, 5) is 11.1. The lowest BCUT2D eigenvalue weighted by atomic mass is 9.94. The number of hydrogen-bond acceptors (Lipinski definition) is 1. The number of hydrogen-bond donors (Lipinski definition) is 1. The molecule has 1 aliphatic rings. The van der Waals surface area contributed by atoms with Crippen molar-refractivity contribution in [3.05, 3.63) is 40.5 Å². The summed E-state index contributed by atoms with van der Waals surface area (Å²) in [5, 5.41) is 9.09. The van der Waals surface area contributed by atoms with Crippen LogP contribution in [0.15, 0.2) is 18.2 Å². The van der Waals surface area contributed by atoms with Gasteiger partial charge in [0.25, 0.3) is 0 Å². The van der Waals surface area contributed by atoms with E-state index in [1.54, 1.807) is 0 Å². The third kappa shape index (κ3) is 1.46. The van der Waals surface area contributed by atoms with Crippen LogP contribution in [0.3, 0.4) is 0 Å². The van der Waals surface area contributed by atoms with E-state index < -0.39 is 5.97 Å². The number of benzene rings is 1. The normalized spacial score (nSPS) is 18.6. The van der Waals surface area contributed by atoms with Gasteiger partial charge in [-0.15, -0.1) is 0 Å². The highest BCUT2D eigenvalue weighted by Gasteiger charge is 2.25. The SMILES string of the molecule is Cc1cc(C)c2c(c1)C(C(=O)O)=CC2C. The molecule has 1 unspecified atom stereocenters. The van der Waals surface area contributed by atoms with Crippen LogP contribution in [0.4, 0.5) is 0 Å². The Balaban J connectivity index is 2.67. The zero-order valence-corrected chi connectivity index (χ0v) is 9.16. The van der Waals surface area contributed by atoms with Crippen LogP contribution in [0.5, 0.6) is 0 Å². The second-order valence-corrected chi connectivity index (χ2v) is 4.22. The number of fused-ring (bicyclic) bond motifs is 1. The minimum absolute atomic E-state index is 0.215. The van der Waals surface area contributed by atoms with Gasteiger partial charge >= 0.3 is 5.97 Å². The van der Waals surface area contributed by atoms with Crippen LogP contribution in [-0.4, -0.2) is 11.1 Å². The summed E-state index contributed by atoms with van der Waals surface area (Å²) in [7, 11) is 0. The Hall–Kier alpha value is -1.57. The van der Waals surface area contributed by atoms with E-state index in [1.807, 2.05) is 32.9 Å². The monoisotopic (exact) mass is 202 g/mol. The zero-order valence-electron chi connectivity index (χ0n) is 9.16. The lowest BCUT2D eigenvalue weighted by molar-refractivity contribution is -0.130. The first kappa shape index (κ1) is 9.97. The Morgan fingerprint density at radius 1 is 1.33 bits per heavy atom. The average Bonchev–Trinajstić information content (AvgIpc) is 2.42. The fraction of sp³-hybridized carbons (Fsp3) is 0.308. The molecule has 0 radical (unpaired) electrons. The molecule has 15 heavy (non-hydrogen) atoms. The fourth-order valence-corrected chi connectivity index (χ4v) is 2.42. The molecule has 1 aromatic carbocycles. The van der Waals surface area contributed by atoms with Crippen LogP contribution < -0.4 is 0 Å². The summed E-state index contributed by atoms with van der Waals surface area (Å²) >= 11 is 0. The molecule has 0 bridgehead atoms. The largest absolute Gasteiger partial charge is 0.478 e. The minimum Gasteiger partial charge on any atom is -0.478 e. The molecule has 0 amide bonds. The summed E-state index contributed by atoms with van der Waals surface area (Å²) in [6, 6.07) is 4.07. The predicted molar refractivity (Wildman–Crippen MR) is 59.9 cm³/mol. The van der Waals surface area contributed by atoms with Gasteiger partial charge in [-0.3, -0.25) is 0 Å². The molecule has 2 nitrogen and oxygen atoms in total. The Kier molecular flexibility index (Phi) is 2.14. The van der Waals surface area contributed by atoms with Gasteiger partial charge in [0.1, 0.15) is 0 Å². The summed E-state index contributed by atoms with van der Waals surface area (Å²) < 4.78 is 0. The molecule has 0 saturated heterocycles. The molecule has 0 aliphatic heterocycles. The predicted octanol–water partition coefficient (Wildman–Crippen LogP) is 2.89. The highest BCUT2D eigenvalue weighted by molar-refractivity contribution is 6.17. The Bertz CT molecular complexity index is 470. The maximum atomic E-state index is 11.1. The zero-order chi connectivity index (χ0) is 11.2. The van der Waals surface area contributed by atoms with Gasteiger partial charge in [-0.1, -0.05) is 30.7 Å². The molecule has 0 aromatic heterocycles. The molecular formula is C13H14O2. The third-order valence-electron chi connectivity index (χ3n) is 2.92. The maximum Gasteiger partial charge on any atom is 0.335 e. The van der Waals surface area contributed by atoms with E-state index in [9.17, 15) is 4.79 Å². The van der Waals surface area contributed by atoms with Crippen molar-refractivity contribution in [2.75, 3.05) is 0 Å². The van der Waals surface area contributed by atoms with Gasteiger partial charge < -0.3 is 5.11 Å². The lowest BCUT2D eigenvalue weighted by Gasteiger charge is -2.10. The number of carboxylic acids is 1. The van der Waals surface area contributed by atoms with Crippen molar-refractivity contribution in [2.24, 2.45) is 0 Å². The molecule has 2 heteroatoms. The van der Waals surface area contributed by atoms with Crippen molar-refractivity contribution in [3.63, 3.8) is 0 Å². The maximum absolute atomic E-state index is 11.1. The number of carbonyl (C=O) groups is 1. The Labute approximate surface area is 89.2 Å². The molecule has 1 aliphatic carbocycles. The number of carboxylic acid groups (broad SMARTS) is 1. The van der Waals surface area contributed by atoms with Gasteiger partial charge in [0.15, 0.2) is 0 Å². The van der Waals surface area contributed by atoms with E-state index in [0.29, 0.717) is 5.57 Å². The highest BCUT2D eigenvalue weighted by Crippen LogP contribution is 2.38. The topological polar surface area (TPSA) is 37.3 Å². The number of allylic oxidation sites excluding steroid dienone is 1. The Morgan fingerprint density at radius 2 is 2.00 bits per heavy atom. The van der Waals surface area contributed by atoms with Gasteiger partial charge in [-0.2, -0.15) is 0 Å². The second kappa shape index (κ2) is 3.23. The molecule has 0 spiro atoms. The van der Waals surface area contributed by atoms with Gasteiger partial charge in [0.05, 0.1) is 5.57 Å². The van der Waals surface area contributed by atoms with E-state index in [1.165, 1.54) is 5.56 Å². The van der Waals surface area contributed by atoms with E-state index in [2.05, 4.69) is 6.07 Å². The van der Waals surface area contributed by atoms with Gasteiger partial charge in [0, 0.05) is 5.92 Å². The molecule has 78 valence electrons. The lowest BCUT2D eigenvalue weighted by Crippen LogP contribution is -1.99. The van der Waals surface area contributed by atoms with Crippen molar-refractivity contribution >= 4 is 11.5 Å². The van der Waals surface area contributed by atoms with Crippen molar-refractivity contribution in [1.82, 2.24) is 0 Å². The van der Waals surface area contributed by atoms with Crippen LogP contribution in [0, 0.1) is 13.8 Å². The van der Waals surface area contributed by atoms with Crippen molar-refractivity contribution in [2.45, 2.75) is 26.7 Å². The van der Waals surface area contributed by atoms with E-state index in [-0.39, 0.29) is 5.92 Å². The van der Waals surface area contributed by atoms with E-state index >= 15 is 0 Å². The highest BCUT2D eigenvalue weighted by atomic mass is 16.4. The van der Waals surface area contributed by atoms with E-state index in [0.717, 1.165) is 16.7 Å². The smallest absolute Gasteiger partial charge is 0.335 e. The molecule has 0 heterocycles. The molecule has 1 atom stereocenters. The minimum atomic E-state index is -0.828. The summed E-state index contributed by atoms with van der Waals surface area (Å²) in [6.45, 7) is 6.08. The van der Waals surface area contributed by atoms with Crippen LogP contribution in [0.25, 0.3) is 5.57 Å². The first-order valence-corrected chi connectivity index (χ1v) is 5.07. The number of aliphatic carboxylic acids is 1. The first-order valence-electron chi connectivity index (χ1n) is 5.07. The van der Waals surface area contributed by atoms with Crippen LogP contribution in [0.2, 0.25) is 0 Å². The van der Waals surface area contributed by atoms with Crippen molar-refractivity contribution in [3.8, 4) is 0 Å². The molecule has 0 fully saturated rings. The Morgan fingerprint density at radius 3 is 2.60 bits per heavy atom. The van der Waals surface area contributed by atoms with Crippen molar-refractivity contribution < 1.29 is 9.90 Å². The van der Waals surface area contributed by atoms with Crippen LogP contribution in [0.1, 0.15) is 35.1 Å². The van der Waals surface area contributed by atoms with E-state index in [4.69, 9.17) is 5.11 Å². The molecule has 0 saturated carbocycles.